The summed E-state index contributed by atoms with van der Waals surface area (Å²) >= 11 is 0. The van der Waals surface area contributed by atoms with Gasteiger partial charge in [-0.2, -0.15) is 0 Å². The Morgan fingerprint density at radius 3 is 2.16 bits per heavy atom. The number of aliphatic hydroxyl groups is 1. The van der Waals surface area contributed by atoms with E-state index in [1.807, 2.05) is 45.9 Å². The van der Waals surface area contributed by atoms with Crippen LogP contribution < -0.4 is 11.4 Å². The fraction of sp³-hybridized carbons (Fsp3) is 0.474. The van der Waals surface area contributed by atoms with E-state index in [-0.39, 0.29) is 23.6 Å². The first kappa shape index (κ1) is 17.5. The van der Waals surface area contributed by atoms with Crippen LogP contribution in [0.4, 0.5) is 0 Å². The molecular formula is C19H25N3O3. The fourth-order valence-corrected chi connectivity index (χ4v) is 3.31. The number of hydrogen-bond acceptors (Lipinski definition) is 3. The van der Waals surface area contributed by atoms with E-state index in [4.69, 9.17) is 0 Å². The van der Waals surface area contributed by atoms with Crippen LogP contribution in [0.3, 0.4) is 0 Å². The van der Waals surface area contributed by atoms with Crippen LogP contribution in [0.5, 0.6) is 0 Å². The molecule has 1 aromatic carbocycles. The summed E-state index contributed by atoms with van der Waals surface area (Å²) in [7, 11) is 0. The largest absolute Gasteiger partial charge is 0.390 e. The Hall–Kier alpha value is -2.34. The van der Waals surface area contributed by atoms with Crippen LogP contribution in [0.1, 0.15) is 39.8 Å². The lowest BCUT2D eigenvalue weighted by molar-refractivity contribution is 0.0456. The van der Waals surface area contributed by atoms with Crippen molar-refractivity contribution in [1.29, 1.82) is 0 Å². The van der Waals surface area contributed by atoms with Crippen LogP contribution in [0.25, 0.3) is 5.69 Å². The van der Waals surface area contributed by atoms with E-state index in [0.29, 0.717) is 5.69 Å². The summed E-state index contributed by atoms with van der Waals surface area (Å²) in [4.78, 5) is 26.0. The highest BCUT2D eigenvalue weighted by atomic mass is 16.3. The topological polar surface area (TPSA) is 69.2 Å². The van der Waals surface area contributed by atoms with Gasteiger partial charge in [-0.15, -0.1) is 0 Å². The molecule has 3 rings (SSSR count). The number of aliphatic hydroxyl groups excluding tert-OH is 1. The molecule has 134 valence electrons. The molecule has 2 aromatic rings. The van der Waals surface area contributed by atoms with Crippen LogP contribution >= 0.6 is 0 Å². The van der Waals surface area contributed by atoms with Crippen LogP contribution in [0.2, 0.25) is 0 Å². The zero-order valence-electron chi connectivity index (χ0n) is 15.0. The minimum atomic E-state index is -0.751. The van der Waals surface area contributed by atoms with E-state index in [2.05, 4.69) is 0 Å². The van der Waals surface area contributed by atoms with Crippen LogP contribution in [0, 0.1) is 11.8 Å². The van der Waals surface area contributed by atoms with Crippen molar-refractivity contribution >= 4 is 0 Å². The Labute approximate surface area is 146 Å². The van der Waals surface area contributed by atoms with E-state index in [9.17, 15) is 14.7 Å². The maximum atomic E-state index is 13.0. The van der Waals surface area contributed by atoms with Crippen LogP contribution in [-0.2, 0) is 0 Å². The van der Waals surface area contributed by atoms with E-state index in [0.717, 1.165) is 0 Å². The van der Waals surface area contributed by atoms with Crippen molar-refractivity contribution in [3.8, 4) is 5.69 Å². The summed E-state index contributed by atoms with van der Waals surface area (Å²) in [5.41, 5.74) is -0.279. The summed E-state index contributed by atoms with van der Waals surface area (Å²) < 4.78 is 4.02. The quantitative estimate of drug-likeness (QED) is 0.865. The standard InChI is InChI=1S/C19H25N3O3/c1-12(2)14(4)17(23)16-11-10-13(3)21-18(24)20(19(25)22(16)21)15-8-6-5-7-9-15/h5-14,16-17,23H,1-4H3. The molecule has 0 saturated carbocycles. The molecule has 0 fully saturated rings. The number of para-hydroxylation sites is 1. The monoisotopic (exact) mass is 343 g/mol. The molecule has 0 bridgehead atoms. The minimum Gasteiger partial charge on any atom is -0.390 e. The summed E-state index contributed by atoms with van der Waals surface area (Å²) in [6, 6.07) is 8.07. The molecule has 0 amide bonds. The van der Waals surface area contributed by atoms with E-state index in [1.165, 1.54) is 13.9 Å². The first-order valence-electron chi connectivity index (χ1n) is 8.72. The lowest BCUT2D eigenvalue weighted by Crippen LogP contribution is -2.42. The molecule has 0 radical (unpaired) electrons. The van der Waals surface area contributed by atoms with E-state index < -0.39 is 17.8 Å². The van der Waals surface area contributed by atoms with Crippen molar-refractivity contribution < 1.29 is 5.11 Å². The van der Waals surface area contributed by atoms with Gasteiger partial charge in [-0.1, -0.05) is 51.1 Å². The van der Waals surface area contributed by atoms with Gasteiger partial charge in [0.25, 0.3) is 0 Å². The fourth-order valence-electron chi connectivity index (χ4n) is 3.31. The van der Waals surface area contributed by atoms with Crippen LogP contribution in [-0.4, -0.2) is 25.1 Å². The predicted molar refractivity (Wildman–Crippen MR) is 97.2 cm³/mol. The molecule has 0 spiro atoms. The smallest absolute Gasteiger partial charge is 0.352 e. The summed E-state index contributed by atoms with van der Waals surface area (Å²) in [6.07, 6.45) is 2.96. The van der Waals surface area contributed by atoms with Crippen molar-refractivity contribution in [2.75, 3.05) is 0 Å². The lowest BCUT2D eigenvalue weighted by atomic mass is 9.87. The van der Waals surface area contributed by atoms with Gasteiger partial charge >= 0.3 is 11.4 Å². The van der Waals surface area contributed by atoms with Gasteiger partial charge < -0.3 is 5.11 Å². The van der Waals surface area contributed by atoms with Gasteiger partial charge in [-0.3, -0.25) is 0 Å². The molecular weight excluding hydrogens is 318 g/mol. The Bertz CT molecular complexity index is 889. The van der Waals surface area contributed by atoms with Gasteiger partial charge in [0, 0.05) is 0 Å². The molecule has 1 N–H and O–H groups in total. The van der Waals surface area contributed by atoms with Crippen molar-refractivity contribution in [3.63, 3.8) is 0 Å². The van der Waals surface area contributed by atoms with E-state index >= 15 is 0 Å². The van der Waals surface area contributed by atoms with Crippen molar-refractivity contribution in [3.05, 3.63) is 63.5 Å². The lowest BCUT2D eigenvalue weighted by Gasteiger charge is -2.32. The highest BCUT2D eigenvalue weighted by Gasteiger charge is 2.34. The first-order valence-corrected chi connectivity index (χ1v) is 8.72. The molecule has 1 aliphatic rings. The van der Waals surface area contributed by atoms with Crippen LogP contribution in [0.15, 0.2) is 52.1 Å². The summed E-state index contributed by atoms with van der Waals surface area (Å²) in [6.45, 7) is 7.89. The number of fused-ring (bicyclic) bond motifs is 1. The second-order valence-corrected chi connectivity index (χ2v) is 7.14. The highest BCUT2D eigenvalue weighted by molar-refractivity contribution is 5.31. The van der Waals surface area contributed by atoms with Gasteiger partial charge in [0.2, 0.25) is 0 Å². The molecule has 1 aromatic heterocycles. The Morgan fingerprint density at radius 1 is 0.960 bits per heavy atom. The van der Waals surface area contributed by atoms with Crippen molar-refractivity contribution in [2.45, 2.75) is 45.9 Å². The average molecular weight is 343 g/mol. The number of rotatable bonds is 4. The maximum absolute atomic E-state index is 13.0. The first-order chi connectivity index (χ1) is 11.8. The molecule has 0 saturated heterocycles. The number of nitrogens with zero attached hydrogens (tertiary/aromatic N) is 3. The number of aromatic nitrogens is 3. The van der Waals surface area contributed by atoms with Gasteiger partial charge in [0.05, 0.1) is 23.9 Å². The third-order valence-corrected chi connectivity index (χ3v) is 5.22. The molecule has 0 aliphatic carbocycles. The Balaban J connectivity index is 2.19. The van der Waals surface area contributed by atoms with Gasteiger partial charge in [-0.05, 0) is 30.9 Å². The normalized spacial score (nSPS) is 22.0. The zero-order valence-corrected chi connectivity index (χ0v) is 15.0. The molecule has 2 heterocycles. The molecule has 6 nitrogen and oxygen atoms in total. The van der Waals surface area contributed by atoms with Gasteiger partial charge in [-0.25, -0.2) is 23.5 Å². The Kier molecular flexibility index (Phi) is 4.56. The molecule has 25 heavy (non-hydrogen) atoms. The third-order valence-electron chi connectivity index (χ3n) is 5.22. The van der Waals surface area contributed by atoms with Crippen molar-refractivity contribution in [1.82, 2.24) is 13.9 Å². The van der Waals surface area contributed by atoms with Gasteiger partial charge in [0.1, 0.15) is 0 Å². The molecule has 1 aliphatic heterocycles. The number of hydrogen-bond donors (Lipinski definition) is 1. The second kappa shape index (κ2) is 6.52. The maximum Gasteiger partial charge on any atom is 0.352 e. The molecule has 4 unspecified atom stereocenters. The van der Waals surface area contributed by atoms with E-state index in [1.54, 1.807) is 24.3 Å². The zero-order chi connectivity index (χ0) is 18.3. The number of allylic oxidation sites excluding steroid dienone is 1. The molecule has 4 atom stereocenters. The highest BCUT2D eigenvalue weighted by Crippen LogP contribution is 2.28. The average Bonchev–Trinajstić information content (AvgIpc) is 2.86. The predicted octanol–water partition coefficient (Wildman–Crippen LogP) is 2.13. The second-order valence-electron chi connectivity index (χ2n) is 7.14. The third kappa shape index (κ3) is 2.80. The summed E-state index contributed by atoms with van der Waals surface area (Å²) in [5, 5.41) is 10.8. The Morgan fingerprint density at radius 2 is 1.56 bits per heavy atom. The van der Waals surface area contributed by atoms with Crippen molar-refractivity contribution in [2.24, 2.45) is 11.8 Å². The summed E-state index contributed by atoms with van der Waals surface area (Å²) in [5.74, 6) is 0.244. The van der Waals surface area contributed by atoms with Gasteiger partial charge in [0.15, 0.2) is 0 Å². The SMILES string of the molecule is CC(C)C(C)C(O)C1C=CC(C)n2c(=O)n(-c3ccccc3)c(=O)n21. The number of benzene rings is 1. The minimum absolute atomic E-state index is 0.0152. The molecule has 6 heteroatoms.